The van der Waals surface area contributed by atoms with Crippen LogP contribution in [0.4, 0.5) is 68.2 Å². The Balaban J connectivity index is 1.17. The van der Waals surface area contributed by atoms with Crippen molar-refractivity contribution in [3.63, 3.8) is 0 Å². The number of fused-ring (bicyclic) bond motifs is 4. The summed E-state index contributed by atoms with van der Waals surface area (Å²) < 4.78 is 0. The fourth-order valence-electron chi connectivity index (χ4n) is 13.8. The van der Waals surface area contributed by atoms with E-state index >= 15 is 0 Å². The molecule has 0 fully saturated rings. The number of nitrogens with zero attached hydrogens (tertiary/aromatic N) is 4. The average Bonchev–Trinajstić information content (AvgIpc) is 0.694. The van der Waals surface area contributed by atoms with Crippen molar-refractivity contribution in [3.8, 4) is 11.1 Å². The van der Waals surface area contributed by atoms with Gasteiger partial charge in [-0.25, -0.2) is 0 Å². The van der Waals surface area contributed by atoms with Crippen LogP contribution in [0.2, 0.25) is 0 Å². The number of hydrogen-bond acceptors (Lipinski definition) is 4. The number of benzene rings is 10. The second-order valence-corrected chi connectivity index (χ2v) is 30.5. The van der Waals surface area contributed by atoms with E-state index in [1.807, 2.05) is 0 Å². The third kappa shape index (κ3) is 12.4. The van der Waals surface area contributed by atoms with E-state index in [0.717, 1.165) is 40.5 Å². The Bertz CT molecular complexity index is 3930. The van der Waals surface area contributed by atoms with Crippen LogP contribution in [0.5, 0.6) is 0 Å². The minimum atomic E-state index is -0.129. The lowest BCUT2D eigenvalue weighted by molar-refractivity contribution is 0.590. The number of rotatable bonds is 14. The molecule has 0 N–H and O–H groups in total. The average molecular weight is 1200 g/mol. The summed E-state index contributed by atoms with van der Waals surface area (Å²) in [6.45, 7) is 38.9. The Morgan fingerprint density at radius 1 is 0.330 bits per heavy atom. The number of anilines is 12. The molecule has 2 heterocycles. The molecule has 0 aliphatic carbocycles. The van der Waals surface area contributed by atoms with E-state index in [-0.39, 0.29) is 28.4 Å². The van der Waals surface area contributed by atoms with Crippen LogP contribution in [-0.2, 0) is 28.1 Å². The lowest BCUT2D eigenvalue weighted by Crippen LogP contribution is -2.61. The zero-order chi connectivity index (χ0) is 64.5. The van der Waals surface area contributed by atoms with Gasteiger partial charge in [0.15, 0.2) is 0 Å². The van der Waals surface area contributed by atoms with Gasteiger partial charge in [-0.3, -0.25) is 0 Å². The monoisotopic (exact) mass is 1190 g/mol. The molecule has 5 heteroatoms. The van der Waals surface area contributed by atoms with Crippen LogP contribution in [0.25, 0.3) is 11.1 Å². The Morgan fingerprint density at radius 3 is 1.07 bits per heavy atom. The van der Waals surface area contributed by atoms with Gasteiger partial charge in [-0.2, -0.15) is 0 Å². The molecule has 0 aromatic heterocycles. The molecule has 0 bridgehead atoms. The molecular formula is C86H95BN4. The summed E-state index contributed by atoms with van der Waals surface area (Å²) in [6, 6.07) is 80.5. The van der Waals surface area contributed by atoms with E-state index in [9.17, 15) is 0 Å². The summed E-state index contributed by atoms with van der Waals surface area (Å²) in [5.74, 6) is 0. The summed E-state index contributed by atoms with van der Waals surface area (Å²) in [4.78, 5) is 10.2. The van der Waals surface area contributed by atoms with Gasteiger partial charge in [0.05, 0.1) is 0 Å². The van der Waals surface area contributed by atoms with Crippen LogP contribution in [0.3, 0.4) is 0 Å². The Labute approximate surface area is 546 Å². The van der Waals surface area contributed by atoms with Gasteiger partial charge in [-0.05, 0) is 237 Å². The standard InChI is InChI=1S/C86H95BN4/c1-18-19-20-21-23-61-24-22-25-62(52-61)63-53-80-82-81(54-63)91(77-51-58(3)27-29-60(77)5)79-56-73(89(70-42-34-66(35-43-70)85(12,13)14)71-44-36-67(37-45-71)86(15,16)17)47-49-75(79)87(82)74-48-46-72(55-78(74)90(80)76-50-57(2)26-28-59(76)4)88(68-38-30-64(31-39-68)83(6,7)8)69-40-32-65(33-41-69)84(9,10)11/h22,24-56H,18-21,23H2,1-17H3. The molecule has 0 saturated carbocycles. The number of hydrogen-bond donors (Lipinski definition) is 0. The van der Waals surface area contributed by atoms with E-state index in [0.29, 0.717) is 0 Å². The third-order valence-corrected chi connectivity index (χ3v) is 19.3. The van der Waals surface area contributed by atoms with Crippen LogP contribution >= 0.6 is 0 Å². The van der Waals surface area contributed by atoms with Gasteiger partial charge in [0.2, 0.25) is 0 Å². The van der Waals surface area contributed by atoms with E-state index < -0.39 is 0 Å². The summed E-state index contributed by atoms with van der Waals surface area (Å²) in [5.41, 5.74) is 31.6. The van der Waals surface area contributed by atoms with Crippen molar-refractivity contribution in [1.82, 2.24) is 0 Å². The molecule has 91 heavy (non-hydrogen) atoms. The lowest BCUT2D eigenvalue weighted by atomic mass is 9.33. The van der Waals surface area contributed by atoms with Crippen molar-refractivity contribution in [2.75, 3.05) is 19.6 Å². The van der Waals surface area contributed by atoms with Crippen molar-refractivity contribution < 1.29 is 0 Å². The van der Waals surface area contributed by atoms with Crippen LogP contribution in [0.1, 0.15) is 166 Å². The van der Waals surface area contributed by atoms with Crippen LogP contribution in [-0.4, -0.2) is 6.71 Å². The first-order valence-electron chi connectivity index (χ1n) is 33.6. The van der Waals surface area contributed by atoms with Gasteiger partial charge < -0.3 is 19.6 Å². The van der Waals surface area contributed by atoms with Gasteiger partial charge in [0, 0.05) is 68.2 Å². The van der Waals surface area contributed by atoms with E-state index in [1.54, 1.807) is 0 Å². The first kappa shape index (κ1) is 62.6. The molecule has 462 valence electrons. The van der Waals surface area contributed by atoms with Crippen LogP contribution in [0.15, 0.2) is 206 Å². The summed E-state index contributed by atoms with van der Waals surface area (Å²) in [6.07, 6.45) is 5.98. The molecule has 0 spiro atoms. The molecule has 10 aromatic carbocycles. The van der Waals surface area contributed by atoms with Crippen molar-refractivity contribution in [1.29, 1.82) is 0 Å². The van der Waals surface area contributed by atoms with E-state index in [2.05, 4.69) is 344 Å². The third-order valence-electron chi connectivity index (χ3n) is 19.3. The lowest BCUT2D eigenvalue weighted by Gasteiger charge is -2.45. The molecule has 0 unspecified atom stereocenters. The predicted octanol–water partition coefficient (Wildman–Crippen LogP) is 22.9. The fraction of sp³-hybridized carbons (Fsp3) is 0.302. The van der Waals surface area contributed by atoms with Gasteiger partial charge in [0.1, 0.15) is 0 Å². The Kier molecular flexibility index (Phi) is 16.7. The zero-order valence-electron chi connectivity index (χ0n) is 57.5. The van der Waals surface area contributed by atoms with Crippen molar-refractivity contribution >= 4 is 91.3 Å². The molecule has 2 aliphatic heterocycles. The predicted molar refractivity (Wildman–Crippen MR) is 397 cm³/mol. The largest absolute Gasteiger partial charge is 0.311 e. The number of unbranched alkanes of at least 4 members (excludes halogenated alkanes) is 3. The van der Waals surface area contributed by atoms with Crippen molar-refractivity contribution in [2.24, 2.45) is 0 Å². The van der Waals surface area contributed by atoms with Gasteiger partial charge >= 0.3 is 0 Å². The maximum Gasteiger partial charge on any atom is 0.252 e. The molecule has 4 nitrogen and oxygen atoms in total. The highest BCUT2D eigenvalue weighted by Crippen LogP contribution is 2.51. The first-order chi connectivity index (χ1) is 43.2. The number of aryl methyl sites for hydroxylation is 5. The van der Waals surface area contributed by atoms with Gasteiger partial charge in [-0.15, -0.1) is 0 Å². The normalized spacial score (nSPS) is 13.0. The van der Waals surface area contributed by atoms with Gasteiger partial charge in [0.25, 0.3) is 6.71 Å². The quantitative estimate of drug-likeness (QED) is 0.0795. The SMILES string of the molecule is CCCCCCc1cccc(-c2cc3c4c(c2)N(c2cc(C)ccc2C)c2cc(N(c5ccc(C(C)(C)C)cc5)c5ccc(C(C)(C)C)cc5)ccc2B4c2ccc(N(c4ccc(C(C)(C)C)cc4)c4ccc(C(C)(C)C)cc4)cc2N3c2cc(C)ccc2C)c1. The fourth-order valence-corrected chi connectivity index (χ4v) is 13.8. The van der Waals surface area contributed by atoms with Crippen LogP contribution in [0, 0.1) is 27.7 Å². The highest BCUT2D eigenvalue weighted by Gasteiger charge is 2.45. The molecule has 0 saturated heterocycles. The first-order valence-corrected chi connectivity index (χ1v) is 33.6. The summed E-state index contributed by atoms with van der Waals surface area (Å²) in [7, 11) is 0. The molecule has 0 atom stereocenters. The second kappa shape index (κ2) is 24.3. The summed E-state index contributed by atoms with van der Waals surface area (Å²) in [5, 5.41) is 0. The Morgan fingerprint density at radius 2 is 0.703 bits per heavy atom. The maximum atomic E-state index is 2.64. The Hall–Kier alpha value is -8.54. The highest BCUT2D eigenvalue weighted by molar-refractivity contribution is 7.00. The molecule has 0 amide bonds. The highest BCUT2D eigenvalue weighted by atomic mass is 15.2. The van der Waals surface area contributed by atoms with E-state index in [4.69, 9.17) is 0 Å². The maximum absolute atomic E-state index is 2.64. The molecule has 2 aliphatic rings. The minimum Gasteiger partial charge on any atom is -0.311 e. The minimum absolute atomic E-state index is 0.00905. The summed E-state index contributed by atoms with van der Waals surface area (Å²) >= 11 is 0. The molecule has 0 radical (unpaired) electrons. The second-order valence-electron chi connectivity index (χ2n) is 30.5. The van der Waals surface area contributed by atoms with Gasteiger partial charge in [-0.1, -0.05) is 218 Å². The molecular weight excluding hydrogens is 1100 g/mol. The molecule has 10 aromatic rings. The zero-order valence-corrected chi connectivity index (χ0v) is 57.5. The van der Waals surface area contributed by atoms with Crippen molar-refractivity contribution in [2.45, 2.75) is 171 Å². The van der Waals surface area contributed by atoms with Crippen molar-refractivity contribution in [3.05, 3.63) is 256 Å². The molecule has 12 rings (SSSR count). The van der Waals surface area contributed by atoms with Crippen LogP contribution < -0.4 is 36.0 Å². The topological polar surface area (TPSA) is 13.0 Å². The smallest absolute Gasteiger partial charge is 0.252 e. The van der Waals surface area contributed by atoms with E-state index in [1.165, 1.54) is 137 Å².